The predicted molar refractivity (Wildman–Crippen MR) is 35.9 cm³/mol. The number of hydrogen-bond donors (Lipinski definition) is 1. The van der Waals surface area contributed by atoms with E-state index in [9.17, 15) is 0 Å². The van der Waals surface area contributed by atoms with E-state index in [1.54, 1.807) is 6.07 Å². The Hall–Kier alpha value is -0.900. The highest BCUT2D eigenvalue weighted by atomic mass is 32.1. The third-order valence-electron chi connectivity index (χ3n) is 0.833. The maximum absolute atomic E-state index is 4.56. The summed E-state index contributed by atoms with van der Waals surface area (Å²) in [5.74, 6) is 0. The van der Waals surface area contributed by atoms with Gasteiger partial charge in [0.05, 0.1) is 6.54 Å². The molecule has 4 heteroatoms. The van der Waals surface area contributed by atoms with Crippen LogP contribution in [0.4, 0.5) is 0 Å². The van der Waals surface area contributed by atoms with E-state index in [2.05, 4.69) is 32.7 Å². The monoisotopic (exact) mass is 141 g/mol. The molecule has 1 radical (unpaired) electrons. The molecule has 0 unspecified atom stereocenters. The lowest BCUT2D eigenvalue weighted by molar-refractivity contribution is 0.411. The van der Waals surface area contributed by atoms with Crippen molar-refractivity contribution in [2.24, 2.45) is 0 Å². The van der Waals surface area contributed by atoms with Crippen LogP contribution >= 0.6 is 12.2 Å². The molecule has 0 saturated heterocycles. The summed E-state index contributed by atoms with van der Waals surface area (Å²) < 4.78 is 4.56. The molecule has 1 rings (SSSR count). The van der Waals surface area contributed by atoms with Gasteiger partial charge in [-0.05, 0) is 0 Å². The molecule has 0 aliphatic carbocycles. The quantitative estimate of drug-likeness (QED) is 0.494. The number of nitrogens with zero attached hydrogens (tertiary/aromatic N) is 1. The second-order valence-corrected chi connectivity index (χ2v) is 1.65. The van der Waals surface area contributed by atoms with Crippen molar-refractivity contribution in [3.8, 4) is 0 Å². The average Bonchev–Trinajstić information content (AvgIpc) is 2.34. The molecule has 0 amide bonds. The first-order valence-electron chi connectivity index (χ1n) is 2.43. The molecule has 0 atom stereocenters. The third-order valence-corrected chi connectivity index (χ3v) is 0.977. The van der Waals surface area contributed by atoms with Gasteiger partial charge < -0.3 is 9.84 Å². The van der Waals surface area contributed by atoms with Crippen molar-refractivity contribution < 1.29 is 4.52 Å². The summed E-state index contributed by atoms with van der Waals surface area (Å²) >= 11 is 4.41. The van der Waals surface area contributed by atoms with E-state index in [0.29, 0.717) is 6.54 Å². The molecule has 0 aliphatic heterocycles. The Morgan fingerprint density at radius 1 is 1.89 bits per heavy atom. The lowest BCUT2D eigenvalue weighted by atomic mass is 10.4. The van der Waals surface area contributed by atoms with E-state index < -0.39 is 0 Å². The second kappa shape index (κ2) is 3.19. The molecule has 0 spiro atoms. The summed E-state index contributed by atoms with van der Waals surface area (Å²) in [5.41, 5.74) is 3.18. The number of hydrogen-bond acceptors (Lipinski definition) is 3. The minimum atomic E-state index is 0.583. The zero-order chi connectivity index (χ0) is 6.53. The van der Waals surface area contributed by atoms with E-state index >= 15 is 0 Å². The minimum Gasteiger partial charge on any atom is -0.368 e. The normalized spacial score (nSPS) is 8.89. The van der Waals surface area contributed by atoms with Crippen molar-refractivity contribution in [1.82, 2.24) is 10.5 Å². The first-order chi connectivity index (χ1) is 4.43. The van der Waals surface area contributed by atoms with E-state index in [-0.39, 0.29) is 0 Å². The molecule has 0 aromatic carbocycles. The highest BCUT2D eigenvalue weighted by molar-refractivity contribution is 7.78. The molecule has 47 valence electrons. The Balaban J connectivity index is 2.38. The number of nitrogens with one attached hydrogen (secondary N) is 1. The Bertz CT molecular complexity index is 173. The van der Waals surface area contributed by atoms with Gasteiger partial charge in [-0.1, -0.05) is 17.4 Å². The molecular weight excluding hydrogens is 136 g/mol. The molecule has 3 nitrogen and oxygen atoms in total. The third kappa shape index (κ3) is 1.81. The number of thiocarbonyl (C=S) groups is 1. The number of rotatable bonds is 3. The van der Waals surface area contributed by atoms with Crippen LogP contribution in [0, 0.1) is 0 Å². The summed E-state index contributed by atoms with van der Waals surface area (Å²) in [5, 5.41) is 6.32. The molecule has 9 heavy (non-hydrogen) atoms. The van der Waals surface area contributed by atoms with Gasteiger partial charge in [0, 0.05) is 6.07 Å². The van der Waals surface area contributed by atoms with Crippen molar-refractivity contribution in [3.63, 3.8) is 0 Å². The lowest BCUT2D eigenvalue weighted by Crippen LogP contribution is -2.08. The fourth-order valence-corrected chi connectivity index (χ4v) is 0.528. The topological polar surface area (TPSA) is 38.1 Å². The average molecular weight is 141 g/mol. The summed E-state index contributed by atoms with van der Waals surface area (Å²) in [6.07, 6.45) is 1.51. The summed E-state index contributed by atoms with van der Waals surface area (Å²) in [7, 11) is 0. The Morgan fingerprint density at radius 3 is 3.33 bits per heavy atom. The predicted octanol–water partition coefficient (Wildman–Crippen LogP) is 0.598. The second-order valence-electron chi connectivity index (χ2n) is 1.45. The van der Waals surface area contributed by atoms with Gasteiger partial charge in [0.25, 0.3) is 0 Å². The first-order valence-corrected chi connectivity index (χ1v) is 2.83. The van der Waals surface area contributed by atoms with Gasteiger partial charge >= 0.3 is 0 Å². The molecule has 1 heterocycles. The number of aromatic nitrogens is 1. The molecular formula is C5H5N2OS. The molecule has 1 N–H and O–H groups in total. The van der Waals surface area contributed by atoms with Crippen molar-refractivity contribution in [2.45, 2.75) is 6.54 Å². The van der Waals surface area contributed by atoms with Gasteiger partial charge in [0.1, 0.15) is 17.4 Å². The van der Waals surface area contributed by atoms with E-state index in [1.165, 1.54) is 6.26 Å². The van der Waals surface area contributed by atoms with Crippen molar-refractivity contribution in [3.05, 3.63) is 18.0 Å². The summed E-state index contributed by atoms with van der Waals surface area (Å²) in [6.45, 7) is 0.583. The maximum atomic E-state index is 4.56. The van der Waals surface area contributed by atoms with E-state index in [1.807, 2.05) is 0 Å². The lowest BCUT2D eigenvalue weighted by Gasteiger charge is -1.88. The summed E-state index contributed by atoms with van der Waals surface area (Å²) in [6, 6.07) is 1.76. The molecule has 0 aliphatic rings. The first kappa shape index (κ1) is 6.22. The van der Waals surface area contributed by atoms with Gasteiger partial charge in [-0.25, -0.2) is 0 Å². The zero-order valence-electron chi connectivity index (χ0n) is 4.63. The Kier molecular flexibility index (Phi) is 2.21. The molecule has 0 fully saturated rings. The maximum Gasteiger partial charge on any atom is 0.134 e. The van der Waals surface area contributed by atoms with Gasteiger partial charge in [-0.15, -0.1) is 0 Å². The highest BCUT2D eigenvalue weighted by Gasteiger charge is 1.90. The van der Waals surface area contributed by atoms with E-state index in [4.69, 9.17) is 0 Å². The van der Waals surface area contributed by atoms with Crippen molar-refractivity contribution >= 4 is 17.7 Å². The summed E-state index contributed by atoms with van der Waals surface area (Å²) in [4.78, 5) is 0. The Morgan fingerprint density at radius 2 is 2.78 bits per heavy atom. The molecule has 1 aromatic heterocycles. The Labute approximate surface area is 58.0 Å². The fraction of sp³-hybridized carbons (Fsp3) is 0.200. The standard InChI is InChI=1S/C5H5N2OS/c9-4-6-3-5-1-2-8-7-5/h1-2H,3H2,(H,6,9). The van der Waals surface area contributed by atoms with Crippen LogP contribution in [-0.4, -0.2) is 10.6 Å². The van der Waals surface area contributed by atoms with Crippen LogP contribution in [-0.2, 0) is 6.54 Å². The van der Waals surface area contributed by atoms with Crippen LogP contribution in [0.1, 0.15) is 5.69 Å². The zero-order valence-corrected chi connectivity index (χ0v) is 5.44. The smallest absolute Gasteiger partial charge is 0.134 e. The minimum absolute atomic E-state index is 0.583. The van der Waals surface area contributed by atoms with Crippen molar-refractivity contribution in [1.29, 1.82) is 0 Å². The van der Waals surface area contributed by atoms with Gasteiger partial charge in [-0.2, -0.15) is 0 Å². The van der Waals surface area contributed by atoms with Gasteiger partial charge in [0.15, 0.2) is 0 Å². The molecule has 0 saturated carbocycles. The van der Waals surface area contributed by atoms with Gasteiger partial charge in [0.2, 0.25) is 0 Å². The largest absolute Gasteiger partial charge is 0.368 e. The van der Waals surface area contributed by atoms with Crippen LogP contribution in [0.2, 0.25) is 0 Å². The van der Waals surface area contributed by atoms with Crippen LogP contribution in [0.5, 0.6) is 0 Å². The fourth-order valence-electron chi connectivity index (χ4n) is 0.455. The molecule has 0 bridgehead atoms. The van der Waals surface area contributed by atoms with Crippen LogP contribution < -0.4 is 5.32 Å². The van der Waals surface area contributed by atoms with E-state index in [0.717, 1.165) is 5.69 Å². The molecule has 1 aromatic rings. The van der Waals surface area contributed by atoms with Crippen LogP contribution in [0.15, 0.2) is 16.9 Å². The SMILES string of the molecule is S=[C]NCc1ccon1. The van der Waals surface area contributed by atoms with Crippen molar-refractivity contribution in [2.75, 3.05) is 0 Å². The van der Waals surface area contributed by atoms with Crippen LogP contribution in [0.3, 0.4) is 0 Å². The van der Waals surface area contributed by atoms with Crippen LogP contribution in [0.25, 0.3) is 0 Å². The van der Waals surface area contributed by atoms with Gasteiger partial charge in [-0.3, -0.25) is 0 Å². The highest BCUT2D eigenvalue weighted by Crippen LogP contribution is 1.91.